The molecule has 3 saturated carbocycles. The number of hydrogen-bond donors (Lipinski definition) is 0. The number of rotatable bonds is 1. The SMILES string of the molecule is CC12CCCCC1(C)N(c1cc3c4c(c1)N1c5c(cccc5C5(C)CCCCC15C)B4c1cccc4c1N3C1(C)CCCCC41C)c1ccccc12. The van der Waals surface area contributed by atoms with Crippen molar-refractivity contribution in [3.8, 4) is 0 Å². The fourth-order valence-electron chi connectivity index (χ4n) is 14.8. The number of benzene rings is 4. The molecule has 0 saturated heterocycles. The van der Waals surface area contributed by atoms with Gasteiger partial charge in [0.25, 0.3) is 6.71 Å². The fourth-order valence-corrected chi connectivity index (χ4v) is 14.8. The van der Waals surface area contributed by atoms with Gasteiger partial charge in [-0.2, -0.15) is 0 Å². The Morgan fingerprint density at radius 3 is 1.38 bits per heavy atom. The maximum absolute atomic E-state index is 2.95. The maximum atomic E-state index is 2.95. The summed E-state index contributed by atoms with van der Waals surface area (Å²) >= 11 is 0. The minimum Gasteiger partial charge on any atom is -0.335 e. The molecule has 3 fully saturated rings. The molecule has 6 atom stereocenters. The van der Waals surface area contributed by atoms with E-state index in [1.54, 1.807) is 44.5 Å². The molecule has 4 heteroatoms. The molecule has 0 radical (unpaired) electrons. The molecule has 5 heterocycles. The van der Waals surface area contributed by atoms with Crippen molar-refractivity contribution in [2.24, 2.45) is 0 Å². The van der Waals surface area contributed by atoms with Crippen molar-refractivity contribution < 1.29 is 0 Å². The molecular weight excluding hydrogens is 629 g/mol. The predicted octanol–water partition coefficient (Wildman–Crippen LogP) is 10.1. The van der Waals surface area contributed by atoms with Crippen LogP contribution < -0.4 is 31.1 Å². The summed E-state index contributed by atoms with van der Waals surface area (Å²) in [4.78, 5) is 8.77. The van der Waals surface area contributed by atoms with E-state index in [9.17, 15) is 0 Å². The zero-order chi connectivity index (χ0) is 35.2. The van der Waals surface area contributed by atoms with E-state index in [-0.39, 0.29) is 39.6 Å². The van der Waals surface area contributed by atoms with E-state index in [1.165, 1.54) is 99.8 Å². The Labute approximate surface area is 311 Å². The van der Waals surface area contributed by atoms with E-state index in [4.69, 9.17) is 0 Å². The number of anilines is 6. The van der Waals surface area contributed by atoms with Crippen LogP contribution >= 0.6 is 0 Å². The molecule has 0 aromatic heterocycles. The van der Waals surface area contributed by atoms with Crippen LogP contribution in [0.2, 0.25) is 0 Å². The summed E-state index contributed by atoms with van der Waals surface area (Å²) in [5.74, 6) is 0. The molecule has 12 rings (SSSR count). The molecule has 0 bridgehead atoms. The van der Waals surface area contributed by atoms with Crippen molar-refractivity contribution >= 4 is 57.2 Å². The molecule has 6 unspecified atom stereocenters. The number of hydrogen-bond acceptors (Lipinski definition) is 3. The van der Waals surface area contributed by atoms with Crippen LogP contribution in [0.3, 0.4) is 0 Å². The molecule has 3 nitrogen and oxygen atoms in total. The van der Waals surface area contributed by atoms with Crippen LogP contribution in [0.15, 0.2) is 72.8 Å². The monoisotopic (exact) mass is 683 g/mol. The van der Waals surface area contributed by atoms with Gasteiger partial charge in [-0.25, -0.2) is 0 Å². The third-order valence-corrected chi connectivity index (χ3v) is 18.1. The Balaban J connectivity index is 1.22. The van der Waals surface area contributed by atoms with Crippen molar-refractivity contribution in [2.75, 3.05) is 14.7 Å². The third kappa shape index (κ3) is 3.03. The van der Waals surface area contributed by atoms with Crippen LogP contribution in [0.5, 0.6) is 0 Å². The lowest BCUT2D eigenvalue weighted by Crippen LogP contribution is -2.66. The van der Waals surface area contributed by atoms with Gasteiger partial charge in [-0.1, -0.05) is 114 Å². The first-order valence-electron chi connectivity index (χ1n) is 21.0. The van der Waals surface area contributed by atoms with Crippen LogP contribution in [0.25, 0.3) is 0 Å². The Morgan fingerprint density at radius 1 is 0.442 bits per heavy atom. The van der Waals surface area contributed by atoms with E-state index in [1.807, 2.05) is 0 Å². The highest BCUT2D eigenvalue weighted by atomic mass is 15.3. The van der Waals surface area contributed by atoms with Crippen LogP contribution in [-0.2, 0) is 16.2 Å². The van der Waals surface area contributed by atoms with Crippen molar-refractivity contribution in [3.05, 3.63) is 89.5 Å². The standard InChI is InChI=1S/C48H54BN3/c1-43-23-9-12-26-46(43,4)50(37-22-8-7-17-32(37)43)31-29-38-40-39(30-31)52-42-34(45(3)25-11-14-28-48(45,52)6)19-16-21-36(42)49(40)35-20-15-18-33-41(35)51(38)47(5)27-13-10-24-44(33,47)2/h7-8,15-22,29-30H,9-14,23-28H2,1-6H3. The van der Waals surface area contributed by atoms with Crippen LogP contribution in [0.4, 0.5) is 34.1 Å². The molecule has 0 spiro atoms. The lowest BCUT2D eigenvalue weighted by molar-refractivity contribution is 0.193. The lowest BCUT2D eigenvalue weighted by Gasteiger charge is -2.55. The average Bonchev–Trinajstić information content (AvgIpc) is 3.60. The van der Waals surface area contributed by atoms with E-state index >= 15 is 0 Å². The first-order valence-corrected chi connectivity index (χ1v) is 21.0. The second-order valence-corrected chi connectivity index (χ2v) is 19.8. The van der Waals surface area contributed by atoms with Gasteiger partial charge in [0, 0.05) is 50.4 Å². The highest BCUT2D eigenvalue weighted by molar-refractivity contribution is 7.00. The fraction of sp³-hybridized carbons (Fsp3) is 0.500. The van der Waals surface area contributed by atoms with E-state index in [2.05, 4.69) is 129 Å². The number of nitrogens with zero attached hydrogens (tertiary/aromatic N) is 3. The number of fused-ring (bicyclic) bond motifs is 13. The van der Waals surface area contributed by atoms with Crippen LogP contribution in [-0.4, -0.2) is 23.3 Å². The number of para-hydroxylation sites is 3. The van der Waals surface area contributed by atoms with Gasteiger partial charge in [-0.15, -0.1) is 0 Å². The summed E-state index contributed by atoms with van der Waals surface area (Å²) < 4.78 is 0. The van der Waals surface area contributed by atoms with E-state index in [0.29, 0.717) is 0 Å². The average molecular weight is 684 g/mol. The van der Waals surface area contributed by atoms with Crippen molar-refractivity contribution in [2.45, 2.75) is 151 Å². The first kappa shape index (κ1) is 30.8. The van der Waals surface area contributed by atoms with Gasteiger partial charge in [0.2, 0.25) is 0 Å². The van der Waals surface area contributed by atoms with Gasteiger partial charge in [-0.3, -0.25) is 0 Å². The zero-order valence-corrected chi connectivity index (χ0v) is 32.3. The topological polar surface area (TPSA) is 9.72 Å². The molecule has 52 heavy (non-hydrogen) atoms. The quantitative estimate of drug-likeness (QED) is 0.185. The Kier molecular flexibility index (Phi) is 5.53. The van der Waals surface area contributed by atoms with Crippen molar-refractivity contribution in [1.29, 1.82) is 0 Å². The summed E-state index contributed by atoms with van der Waals surface area (Å²) in [6, 6.07) is 29.8. The van der Waals surface area contributed by atoms with Crippen LogP contribution in [0, 0.1) is 0 Å². The van der Waals surface area contributed by atoms with E-state index < -0.39 is 0 Å². The molecular formula is C48H54BN3. The minimum absolute atomic E-state index is 0.0211. The smallest absolute Gasteiger partial charge is 0.252 e. The maximum Gasteiger partial charge on any atom is 0.252 e. The molecule has 0 amide bonds. The molecule has 4 aromatic rings. The molecule has 4 aromatic carbocycles. The van der Waals surface area contributed by atoms with Crippen molar-refractivity contribution in [1.82, 2.24) is 0 Å². The van der Waals surface area contributed by atoms with E-state index in [0.717, 1.165) is 0 Å². The first-order chi connectivity index (χ1) is 25.0. The molecule has 5 aliphatic heterocycles. The summed E-state index contributed by atoms with van der Waals surface area (Å²) in [5, 5.41) is 0. The Bertz CT molecular complexity index is 2160. The van der Waals surface area contributed by atoms with Gasteiger partial charge in [0.15, 0.2) is 0 Å². The predicted molar refractivity (Wildman–Crippen MR) is 220 cm³/mol. The molecule has 264 valence electrons. The molecule has 8 aliphatic rings. The van der Waals surface area contributed by atoms with Gasteiger partial charge in [0.05, 0.1) is 16.6 Å². The summed E-state index contributed by atoms with van der Waals surface area (Å²) in [6.45, 7) is 16.0. The zero-order valence-electron chi connectivity index (χ0n) is 32.3. The highest BCUT2D eigenvalue weighted by Gasteiger charge is 2.65. The van der Waals surface area contributed by atoms with Crippen molar-refractivity contribution in [3.63, 3.8) is 0 Å². The van der Waals surface area contributed by atoms with Gasteiger partial charge < -0.3 is 14.7 Å². The summed E-state index contributed by atoms with van der Waals surface area (Å²) in [6.07, 6.45) is 15.4. The Morgan fingerprint density at radius 2 is 0.865 bits per heavy atom. The second kappa shape index (κ2) is 9.34. The normalized spacial score (nSPS) is 36.8. The largest absolute Gasteiger partial charge is 0.335 e. The summed E-state index contributed by atoms with van der Waals surface area (Å²) in [5.41, 5.74) is 18.8. The Hall–Kier alpha value is -3.66. The molecule has 3 aliphatic carbocycles. The lowest BCUT2D eigenvalue weighted by atomic mass is 9.33. The molecule has 0 N–H and O–H groups in total. The highest BCUT2D eigenvalue weighted by Crippen LogP contribution is 2.66. The van der Waals surface area contributed by atoms with Gasteiger partial charge >= 0.3 is 0 Å². The second-order valence-electron chi connectivity index (χ2n) is 19.8. The third-order valence-electron chi connectivity index (χ3n) is 18.1. The minimum atomic E-state index is 0.0211. The summed E-state index contributed by atoms with van der Waals surface area (Å²) in [7, 11) is 0. The van der Waals surface area contributed by atoms with Gasteiger partial charge in [0.1, 0.15) is 0 Å². The van der Waals surface area contributed by atoms with Crippen LogP contribution in [0.1, 0.15) is 135 Å². The van der Waals surface area contributed by atoms with Gasteiger partial charge in [-0.05, 0) is 111 Å².